The highest BCUT2D eigenvalue weighted by atomic mass is 32.1. The van der Waals surface area contributed by atoms with Crippen molar-refractivity contribution in [2.75, 3.05) is 13.6 Å². The van der Waals surface area contributed by atoms with Gasteiger partial charge in [-0.1, -0.05) is 12.1 Å². The van der Waals surface area contributed by atoms with Crippen LogP contribution in [0.4, 0.5) is 13.2 Å². The van der Waals surface area contributed by atoms with Crippen LogP contribution in [-0.4, -0.2) is 30.6 Å². The summed E-state index contributed by atoms with van der Waals surface area (Å²) in [5.41, 5.74) is 0.279. The van der Waals surface area contributed by atoms with E-state index in [1.54, 1.807) is 7.05 Å². The van der Waals surface area contributed by atoms with Crippen LogP contribution in [0.1, 0.15) is 30.1 Å². The van der Waals surface area contributed by atoms with Gasteiger partial charge in [0.15, 0.2) is 11.7 Å². The molecule has 0 aliphatic carbocycles. The minimum atomic E-state index is -4.41. The summed E-state index contributed by atoms with van der Waals surface area (Å²) >= 11 is 0.967. The third-order valence-corrected chi connectivity index (χ3v) is 4.32. The Morgan fingerprint density at radius 1 is 1.22 bits per heavy atom. The highest BCUT2D eigenvalue weighted by Crippen LogP contribution is 2.29. The van der Waals surface area contributed by atoms with Crippen LogP contribution in [0.3, 0.4) is 0 Å². The van der Waals surface area contributed by atoms with Crippen LogP contribution in [0.2, 0.25) is 0 Å². The number of aromatic nitrogens is 1. The van der Waals surface area contributed by atoms with E-state index in [1.165, 1.54) is 0 Å². The highest BCUT2D eigenvalue weighted by Gasteiger charge is 2.33. The molecule has 1 aromatic heterocycles. The molecule has 0 saturated heterocycles. The maximum Gasteiger partial charge on any atom is 0.434 e. The molecule has 0 unspecified atom stereocenters. The number of nitrogens with zero attached hydrogens (tertiary/aromatic N) is 2. The second-order valence-electron chi connectivity index (χ2n) is 6.04. The van der Waals surface area contributed by atoms with E-state index in [2.05, 4.69) is 20.6 Å². The average molecular weight is 400 g/mol. The van der Waals surface area contributed by atoms with Crippen LogP contribution in [0.25, 0.3) is 0 Å². The van der Waals surface area contributed by atoms with E-state index in [4.69, 9.17) is 4.74 Å². The van der Waals surface area contributed by atoms with E-state index in [0.717, 1.165) is 34.5 Å². The number of alkyl halides is 3. The summed E-state index contributed by atoms with van der Waals surface area (Å²) in [4.78, 5) is 7.65. The maximum absolute atomic E-state index is 12.6. The Balaban J connectivity index is 1.76. The molecule has 2 rings (SSSR count). The topological polar surface area (TPSA) is 58.5 Å². The summed E-state index contributed by atoms with van der Waals surface area (Å²) in [6, 6.07) is 7.87. The van der Waals surface area contributed by atoms with Crippen molar-refractivity contribution in [3.63, 3.8) is 0 Å². The first-order chi connectivity index (χ1) is 12.8. The molecule has 0 atom stereocenters. The summed E-state index contributed by atoms with van der Waals surface area (Å²) in [5, 5.41) is 7.47. The molecule has 0 fully saturated rings. The molecular formula is C18H23F3N4OS. The van der Waals surface area contributed by atoms with Gasteiger partial charge in [-0.05, 0) is 38.0 Å². The summed E-state index contributed by atoms with van der Waals surface area (Å²) in [7, 11) is 1.61. The molecule has 0 saturated carbocycles. The van der Waals surface area contributed by atoms with Gasteiger partial charge < -0.3 is 15.4 Å². The van der Waals surface area contributed by atoms with Gasteiger partial charge in [-0.25, -0.2) is 4.98 Å². The second kappa shape index (κ2) is 9.59. The molecule has 0 spiro atoms. The van der Waals surface area contributed by atoms with Crippen LogP contribution in [0, 0.1) is 0 Å². The Labute approximate surface area is 160 Å². The second-order valence-corrected chi connectivity index (χ2v) is 6.98. The average Bonchev–Trinajstić information content (AvgIpc) is 3.08. The minimum Gasteiger partial charge on any atom is -0.491 e. The van der Waals surface area contributed by atoms with Gasteiger partial charge in [0.2, 0.25) is 0 Å². The number of halogens is 3. The molecule has 0 radical (unpaired) electrons. The largest absolute Gasteiger partial charge is 0.491 e. The number of ether oxygens (including phenoxy) is 1. The molecule has 9 heteroatoms. The van der Waals surface area contributed by atoms with Gasteiger partial charge in [-0.3, -0.25) is 4.99 Å². The fourth-order valence-corrected chi connectivity index (χ4v) is 2.97. The Hall–Kier alpha value is -2.29. The Morgan fingerprint density at radius 3 is 2.48 bits per heavy atom. The zero-order valence-corrected chi connectivity index (χ0v) is 16.2. The van der Waals surface area contributed by atoms with Crippen molar-refractivity contribution in [1.82, 2.24) is 15.6 Å². The smallest absolute Gasteiger partial charge is 0.434 e. The normalized spacial score (nSPS) is 12.3. The number of aliphatic imine (C=N–C) groups is 1. The Bertz CT molecular complexity index is 742. The van der Waals surface area contributed by atoms with Gasteiger partial charge in [0.25, 0.3) is 0 Å². The van der Waals surface area contributed by atoms with E-state index in [-0.39, 0.29) is 12.6 Å². The predicted molar refractivity (Wildman–Crippen MR) is 101 cm³/mol. The quantitative estimate of drug-likeness (QED) is 0.547. The number of thiazole rings is 1. The van der Waals surface area contributed by atoms with Gasteiger partial charge in [-0.2, -0.15) is 13.2 Å². The van der Waals surface area contributed by atoms with Crippen molar-refractivity contribution in [2.45, 2.75) is 39.1 Å². The summed E-state index contributed by atoms with van der Waals surface area (Å²) in [6.07, 6.45) is -3.50. The molecule has 148 valence electrons. The zero-order valence-electron chi connectivity index (χ0n) is 15.4. The van der Waals surface area contributed by atoms with Crippen molar-refractivity contribution in [1.29, 1.82) is 0 Å². The summed E-state index contributed by atoms with van der Waals surface area (Å²) < 4.78 is 43.3. The monoisotopic (exact) mass is 400 g/mol. The predicted octanol–water partition coefficient (Wildman–Crippen LogP) is 3.86. The summed E-state index contributed by atoms with van der Waals surface area (Å²) in [6.45, 7) is 4.77. The van der Waals surface area contributed by atoms with Crippen molar-refractivity contribution < 1.29 is 17.9 Å². The van der Waals surface area contributed by atoms with Crippen LogP contribution < -0.4 is 15.4 Å². The molecule has 27 heavy (non-hydrogen) atoms. The SMILES string of the molecule is CN=C(NCCc1ccc(OC(C)C)cc1)NCc1nc(C(F)(F)F)cs1. The van der Waals surface area contributed by atoms with E-state index in [1.807, 2.05) is 38.1 Å². The number of rotatable bonds is 7. The molecule has 2 aromatic rings. The Kier molecular flexibility index (Phi) is 7.46. The van der Waals surface area contributed by atoms with E-state index >= 15 is 0 Å². The molecule has 5 nitrogen and oxygen atoms in total. The van der Waals surface area contributed by atoms with E-state index in [0.29, 0.717) is 17.5 Å². The number of hydrogen-bond donors (Lipinski definition) is 2. The van der Waals surface area contributed by atoms with Crippen molar-refractivity contribution in [3.05, 3.63) is 45.9 Å². The first-order valence-electron chi connectivity index (χ1n) is 8.49. The minimum absolute atomic E-state index is 0.136. The fourth-order valence-electron chi connectivity index (χ4n) is 2.23. The maximum atomic E-state index is 12.6. The molecule has 0 amide bonds. The number of benzene rings is 1. The van der Waals surface area contributed by atoms with Crippen molar-refractivity contribution >= 4 is 17.3 Å². The third kappa shape index (κ3) is 7.09. The molecule has 0 aliphatic rings. The number of nitrogens with one attached hydrogen (secondary N) is 2. The van der Waals surface area contributed by atoms with Gasteiger partial charge in [-0.15, -0.1) is 11.3 Å². The van der Waals surface area contributed by atoms with E-state index < -0.39 is 11.9 Å². The van der Waals surface area contributed by atoms with Gasteiger partial charge in [0.1, 0.15) is 10.8 Å². The Morgan fingerprint density at radius 2 is 1.93 bits per heavy atom. The van der Waals surface area contributed by atoms with Crippen molar-refractivity contribution in [2.24, 2.45) is 4.99 Å². The summed E-state index contributed by atoms with van der Waals surface area (Å²) in [5.74, 6) is 1.35. The van der Waals surface area contributed by atoms with E-state index in [9.17, 15) is 13.2 Å². The van der Waals surface area contributed by atoms with Crippen LogP contribution in [0.15, 0.2) is 34.6 Å². The van der Waals surface area contributed by atoms with Crippen LogP contribution >= 0.6 is 11.3 Å². The molecule has 0 bridgehead atoms. The lowest BCUT2D eigenvalue weighted by molar-refractivity contribution is -0.140. The first kappa shape index (κ1) is 21.0. The fraction of sp³-hybridized carbons (Fsp3) is 0.444. The van der Waals surface area contributed by atoms with Gasteiger partial charge >= 0.3 is 6.18 Å². The number of hydrogen-bond acceptors (Lipinski definition) is 4. The highest BCUT2D eigenvalue weighted by molar-refractivity contribution is 7.09. The third-order valence-electron chi connectivity index (χ3n) is 3.47. The first-order valence-corrected chi connectivity index (χ1v) is 9.37. The molecule has 0 aliphatic heterocycles. The van der Waals surface area contributed by atoms with Gasteiger partial charge in [0.05, 0.1) is 12.6 Å². The molecular weight excluding hydrogens is 377 g/mol. The molecule has 1 aromatic carbocycles. The lowest BCUT2D eigenvalue weighted by atomic mass is 10.1. The standard InChI is InChI=1S/C18H23F3N4OS/c1-12(2)26-14-6-4-13(5-7-14)8-9-23-17(22-3)24-10-16-25-15(11-27-16)18(19,20)21/h4-7,11-12H,8-10H2,1-3H3,(H2,22,23,24). The van der Waals surface area contributed by atoms with Crippen molar-refractivity contribution in [3.8, 4) is 5.75 Å². The van der Waals surface area contributed by atoms with Crippen LogP contribution in [-0.2, 0) is 19.1 Å². The lowest BCUT2D eigenvalue weighted by Gasteiger charge is -2.12. The molecule has 2 N–H and O–H groups in total. The van der Waals surface area contributed by atoms with Crippen LogP contribution in [0.5, 0.6) is 5.75 Å². The van der Waals surface area contributed by atoms with Gasteiger partial charge in [0, 0.05) is 19.0 Å². The number of guanidine groups is 1. The lowest BCUT2D eigenvalue weighted by Crippen LogP contribution is -2.37. The molecule has 1 heterocycles. The zero-order chi connectivity index (χ0) is 19.9.